The summed E-state index contributed by atoms with van der Waals surface area (Å²) in [5, 5.41) is 10.1. The second kappa shape index (κ2) is 5.83. The van der Waals surface area contributed by atoms with Crippen LogP contribution in [0.25, 0.3) is 0 Å². The van der Waals surface area contributed by atoms with E-state index >= 15 is 0 Å². The Morgan fingerprint density at radius 1 is 0.947 bits per heavy atom. The minimum Gasteiger partial charge on any atom is -0.493 e. The maximum Gasteiger partial charge on any atom is 0.169 e. The van der Waals surface area contributed by atoms with Gasteiger partial charge in [-0.15, -0.1) is 0 Å². The summed E-state index contributed by atoms with van der Waals surface area (Å²) in [4.78, 5) is 0. The van der Waals surface area contributed by atoms with Gasteiger partial charge in [-0.05, 0) is 30.3 Å². The minimum absolute atomic E-state index is 0.351. The van der Waals surface area contributed by atoms with Crippen molar-refractivity contribution < 1.29 is 9.47 Å². The van der Waals surface area contributed by atoms with E-state index in [1.807, 2.05) is 6.07 Å². The number of nitrogens with zero attached hydrogens (tertiary/aromatic N) is 1. The third-order valence-electron chi connectivity index (χ3n) is 2.41. The third kappa shape index (κ3) is 3.11. The fraction of sp³-hybridized carbons (Fsp3) is 0.0714. The average molecular weight is 294 g/mol. The summed E-state index contributed by atoms with van der Waals surface area (Å²) in [6.45, 7) is 0. The molecule has 2 aromatic rings. The normalized spacial score (nSPS) is 9.79. The van der Waals surface area contributed by atoms with E-state index in [0.29, 0.717) is 32.9 Å². The first kappa shape index (κ1) is 13.5. The zero-order valence-electron chi connectivity index (χ0n) is 9.98. The van der Waals surface area contributed by atoms with Gasteiger partial charge in [0.15, 0.2) is 11.5 Å². The Morgan fingerprint density at radius 2 is 1.58 bits per heavy atom. The fourth-order valence-electron chi connectivity index (χ4n) is 1.52. The lowest BCUT2D eigenvalue weighted by Crippen LogP contribution is -1.92. The number of ether oxygens (including phenoxy) is 2. The Hall–Kier alpha value is -1.89. The molecule has 0 atom stereocenters. The standard InChI is InChI=1S/C14H9Cl2NO2/c1-18-14-7-11(16)3-5-13(14)19-12-4-2-10(15)6-9(12)8-17/h2-7H,1H3. The van der Waals surface area contributed by atoms with Crippen LogP contribution in [0, 0.1) is 11.3 Å². The first-order chi connectivity index (χ1) is 9.13. The zero-order valence-corrected chi connectivity index (χ0v) is 11.5. The summed E-state index contributed by atoms with van der Waals surface area (Å²) < 4.78 is 10.8. The fourth-order valence-corrected chi connectivity index (χ4v) is 1.86. The van der Waals surface area contributed by atoms with E-state index in [1.54, 1.807) is 36.4 Å². The van der Waals surface area contributed by atoms with Crippen molar-refractivity contribution in [1.82, 2.24) is 0 Å². The molecule has 2 rings (SSSR count). The molecule has 2 aromatic carbocycles. The van der Waals surface area contributed by atoms with E-state index in [9.17, 15) is 0 Å². The SMILES string of the molecule is COc1cc(Cl)ccc1Oc1ccc(Cl)cc1C#N. The van der Waals surface area contributed by atoms with Crippen LogP contribution in [0.5, 0.6) is 17.2 Å². The van der Waals surface area contributed by atoms with E-state index in [-0.39, 0.29) is 0 Å². The number of hydrogen-bond acceptors (Lipinski definition) is 3. The molecule has 19 heavy (non-hydrogen) atoms. The van der Waals surface area contributed by atoms with Gasteiger partial charge in [-0.3, -0.25) is 0 Å². The van der Waals surface area contributed by atoms with Gasteiger partial charge < -0.3 is 9.47 Å². The van der Waals surface area contributed by atoms with Crippen molar-refractivity contribution in [3.05, 3.63) is 52.0 Å². The summed E-state index contributed by atoms with van der Waals surface area (Å²) in [5.41, 5.74) is 0.351. The summed E-state index contributed by atoms with van der Waals surface area (Å²) >= 11 is 11.7. The molecular formula is C14H9Cl2NO2. The molecule has 96 valence electrons. The summed E-state index contributed by atoms with van der Waals surface area (Å²) in [6, 6.07) is 11.9. The molecule has 0 bridgehead atoms. The molecule has 0 N–H and O–H groups in total. The van der Waals surface area contributed by atoms with E-state index in [1.165, 1.54) is 7.11 Å². The molecule has 0 amide bonds. The van der Waals surface area contributed by atoms with E-state index in [4.69, 9.17) is 37.9 Å². The monoisotopic (exact) mass is 293 g/mol. The molecule has 0 radical (unpaired) electrons. The third-order valence-corrected chi connectivity index (χ3v) is 2.88. The summed E-state index contributed by atoms with van der Waals surface area (Å²) in [7, 11) is 1.52. The summed E-state index contributed by atoms with van der Waals surface area (Å²) in [6.07, 6.45) is 0. The number of rotatable bonds is 3. The van der Waals surface area contributed by atoms with Crippen LogP contribution in [0.4, 0.5) is 0 Å². The summed E-state index contributed by atoms with van der Waals surface area (Å²) in [5.74, 6) is 1.38. The van der Waals surface area contributed by atoms with Gasteiger partial charge in [0.2, 0.25) is 0 Å². The first-order valence-electron chi connectivity index (χ1n) is 5.35. The highest BCUT2D eigenvalue weighted by Gasteiger charge is 2.10. The molecule has 0 spiro atoms. The van der Waals surface area contributed by atoms with Crippen LogP contribution >= 0.6 is 23.2 Å². The largest absolute Gasteiger partial charge is 0.493 e. The Balaban J connectivity index is 2.39. The van der Waals surface area contributed by atoms with E-state index < -0.39 is 0 Å². The van der Waals surface area contributed by atoms with Crippen molar-refractivity contribution in [3.63, 3.8) is 0 Å². The van der Waals surface area contributed by atoms with E-state index in [2.05, 4.69) is 0 Å². The van der Waals surface area contributed by atoms with Crippen LogP contribution in [0.2, 0.25) is 10.0 Å². The van der Waals surface area contributed by atoms with Gasteiger partial charge in [-0.25, -0.2) is 0 Å². The van der Waals surface area contributed by atoms with Gasteiger partial charge in [0.05, 0.1) is 12.7 Å². The van der Waals surface area contributed by atoms with E-state index in [0.717, 1.165) is 0 Å². The van der Waals surface area contributed by atoms with Crippen molar-refractivity contribution in [1.29, 1.82) is 5.26 Å². The van der Waals surface area contributed by atoms with Crippen LogP contribution in [-0.2, 0) is 0 Å². The van der Waals surface area contributed by atoms with Gasteiger partial charge in [-0.2, -0.15) is 5.26 Å². The lowest BCUT2D eigenvalue weighted by Gasteiger charge is -2.11. The van der Waals surface area contributed by atoms with Crippen LogP contribution in [-0.4, -0.2) is 7.11 Å². The van der Waals surface area contributed by atoms with Crippen LogP contribution in [0.15, 0.2) is 36.4 Å². The van der Waals surface area contributed by atoms with Gasteiger partial charge in [-0.1, -0.05) is 23.2 Å². The molecule has 0 heterocycles. The maximum atomic E-state index is 9.05. The quantitative estimate of drug-likeness (QED) is 0.826. The maximum absolute atomic E-state index is 9.05. The highest BCUT2D eigenvalue weighted by atomic mass is 35.5. The predicted molar refractivity (Wildman–Crippen MR) is 74.2 cm³/mol. The van der Waals surface area contributed by atoms with Crippen molar-refractivity contribution in [2.24, 2.45) is 0 Å². The van der Waals surface area contributed by atoms with Crippen LogP contribution in [0.3, 0.4) is 0 Å². The van der Waals surface area contributed by atoms with Gasteiger partial charge >= 0.3 is 0 Å². The molecule has 5 heteroatoms. The van der Waals surface area contributed by atoms with Crippen molar-refractivity contribution >= 4 is 23.2 Å². The van der Waals surface area contributed by atoms with Gasteiger partial charge in [0.25, 0.3) is 0 Å². The van der Waals surface area contributed by atoms with Crippen LogP contribution < -0.4 is 9.47 Å². The molecule has 3 nitrogen and oxygen atoms in total. The number of hydrogen-bond donors (Lipinski definition) is 0. The lowest BCUT2D eigenvalue weighted by atomic mass is 10.2. The molecule has 0 saturated carbocycles. The van der Waals surface area contributed by atoms with Crippen molar-refractivity contribution in [2.75, 3.05) is 7.11 Å². The molecule has 0 aliphatic rings. The molecule has 0 aromatic heterocycles. The minimum atomic E-state index is 0.351. The van der Waals surface area contributed by atoms with Crippen molar-refractivity contribution in [3.8, 4) is 23.3 Å². The van der Waals surface area contributed by atoms with Gasteiger partial charge in [0, 0.05) is 16.1 Å². The number of halogens is 2. The first-order valence-corrected chi connectivity index (χ1v) is 6.10. The lowest BCUT2D eigenvalue weighted by molar-refractivity contribution is 0.378. The number of nitriles is 1. The Morgan fingerprint density at radius 3 is 2.21 bits per heavy atom. The Labute approximate surface area is 120 Å². The predicted octanol–water partition coefficient (Wildman–Crippen LogP) is 4.67. The highest BCUT2D eigenvalue weighted by molar-refractivity contribution is 6.31. The molecule has 0 saturated heterocycles. The zero-order chi connectivity index (χ0) is 13.8. The molecule has 0 aliphatic heterocycles. The second-order valence-electron chi connectivity index (χ2n) is 3.65. The highest BCUT2D eigenvalue weighted by Crippen LogP contribution is 2.35. The Bertz CT molecular complexity index is 650. The van der Waals surface area contributed by atoms with Gasteiger partial charge in [0.1, 0.15) is 11.8 Å². The molecular weight excluding hydrogens is 285 g/mol. The molecule has 0 unspecified atom stereocenters. The number of methoxy groups -OCH3 is 1. The van der Waals surface area contributed by atoms with Crippen molar-refractivity contribution in [2.45, 2.75) is 0 Å². The molecule has 0 aliphatic carbocycles. The second-order valence-corrected chi connectivity index (χ2v) is 4.52. The molecule has 0 fully saturated rings. The topological polar surface area (TPSA) is 42.2 Å². The average Bonchev–Trinajstić information content (AvgIpc) is 2.42. The Kier molecular flexibility index (Phi) is 4.16. The smallest absolute Gasteiger partial charge is 0.169 e. The number of benzene rings is 2. The van der Waals surface area contributed by atoms with Crippen LogP contribution in [0.1, 0.15) is 5.56 Å².